The van der Waals surface area contributed by atoms with Crippen molar-refractivity contribution in [3.05, 3.63) is 29.8 Å². The number of piperidine rings is 1. The van der Waals surface area contributed by atoms with Gasteiger partial charge in [-0.15, -0.1) is 12.4 Å². The lowest BCUT2D eigenvalue weighted by Gasteiger charge is -2.23. The molecule has 0 saturated carbocycles. The van der Waals surface area contributed by atoms with Gasteiger partial charge in [-0.05, 0) is 50.0 Å². The van der Waals surface area contributed by atoms with Crippen molar-refractivity contribution in [3.63, 3.8) is 0 Å². The van der Waals surface area contributed by atoms with Crippen LogP contribution in [0.2, 0.25) is 0 Å². The summed E-state index contributed by atoms with van der Waals surface area (Å²) in [5.74, 6) is -0.144. The maximum absolute atomic E-state index is 10.7. The first-order valence-electron chi connectivity index (χ1n) is 6.60. The second kappa shape index (κ2) is 8.09. The SMILES string of the molecule is Cl.N[C@@H](Cc1ccc(OC2CCNCC2)cc1)C(=O)O. The summed E-state index contributed by atoms with van der Waals surface area (Å²) in [5.41, 5.74) is 6.41. The number of nitrogens with one attached hydrogen (secondary N) is 1. The summed E-state index contributed by atoms with van der Waals surface area (Å²) < 4.78 is 5.88. The summed E-state index contributed by atoms with van der Waals surface area (Å²) in [6.07, 6.45) is 2.65. The van der Waals surface area contributed by atoms with Crippen molar-refractivity contribution >= 4 is 18.4 Å². The number of benzene rings is 1. The van der Waals surface area contributed by atoms with Crippen molar-refractivity contribution in [1.29, 1.82) is 0 Å². The van der Waals surface area contributed by atoms with Crippen molar-refractivity contribution in [3.8, 4) is 5.75 Å². The van der Waals surface area contributed by atoms with Crippen LogP contribution in [0.15, 0.2) is 24.3 Å². The van der Waals surface area contributed by atoms with Crippen molar-refractivity contribution in [1.82, 2.24) is 5.32 Å². The summed E-state index contributed by atoms with van der Waals surface area (Å²) in [6.45, 7) is 1.99. The van der Waals surface area contributed by atoms with Gasteiger partial charge in [-0.1, -0.05) is 12.1 Å². The molecule has 2 rings (SSSR count). The van der Waals surface area contributed by atoms with E-state index in [9.17, 15) is 4.79 Å². The normalized spacial score (nSPS) is 17.1. The topological polar surface area (TPSA) is 84.6 Å². The van der Waals surface area contributed by atoms with Gasteiger partial charge in [0.1, 0.15) is 17.9 Å². The largest absolute Gasteiger partial charge is 0.490 e. The maximum atomic E-state index is 10.7. The smallest absolute Gasteiger partial charge is 0.320 e. The summed E-state index contributed by atoms with van der Waals surface area (Å²) in [6, 6.07) is 6.66. The zero-order chi connectivity index (χ0) is 13.7. The molecule has 0 unspecified atom stereocenters. The Labute approximate surface area is 124 Å². The zero-order valence-electron chi connectivity index (χ0n) is 11.2. The summed E-state index contributed by atoms with van der Waals surface area (Å²) >= 11 is 0. The first kappa shape index (κ1) is 16.8. The lowest BCUT2D eigenvalue weighted by molar-refractivity contribution is -0.138. The minimum atomic E-state index is -0.977. The van der Waals surface area contributed by atoms with E-state index in [0.29, 0.717) is 6.42 Å². The molecule has 1 aliphatic rings. The Morgan fingerprint density at radius 3 is 2.50 bits per heavy atom. The minimum Gasteiger partial charge on any atom is -0.490 e. The van der Waals surface area contributed by atoms with Gasteiger partial charge in [-0.25, -0.2) is 0 Å². The van der Waals surface area contributed by atoms with Crippen molar-refractivity contribution < 1.29 is 14.6 Å². The Balaban J connectivity index is 0.00000200. The third-order valence-electron chi connectivity index (χ3n) is 3.29. The van der Waals surface area contributed by atoms with Gasteiger partial charge in [0.25, 0.3) is 0 Å². The molecule has 0 radical (unpaired) electrons. The molecule has 0 bridgehead atoms. The van der Waals surface area contributed by atoms with E-state index in [2.05, 4.69) is 5.32 Å². The van der Waals surface area contributed by atoms with E-state index in [-0.39, 0.29) is 18.5 Å². The van der Waals surface area contributed by atoms with E-state index in [1.165, 1.54) is 0 Å². The fourth-order valence-electron chi connectivity index (χ4n) is 2.15. The second-order valence-electron chi connectivity index (χ2n) is 4.86. The monoisotopic (exact) mass is 300 g/mol. The van der Waals surface area contributed by atoms with Gasteiger partial charge in [0.2, 0.25) is 0 Å². The molecule has 0 aromatic heterocycles. The first-order chi connectivity index (χ1) is 9.15. The van der Waals surface area contributed by atoms with Gasteiger partial charge >= 0.3 is 5.97 Å². The summed E-state index contributed by atoms with van der Waals surface area (Å²) in [7, 11) is 0. The van der Waals surface area contributed by atoms with Crippen LogP contribution in [-0.2, 0) is 11.2 Å². The molecule has 4 N–H and O–H groups in total. The van der Waals surface area contributed by atoms with Crippen LogP contribution in [0.1, 0.15) is 18.4 Å². The van der Waals surface area contributed by atoms with Gasteiger partial charge < -0.3 is 20.9 Å². The zero-order valence-corrected chi connectivity index (χ0v) is 12.1. The Morgan fingerprint density at radius 2 is 1.95 bits per heavy atom. The van der Waals surface area contributed by atoms with E-state index in [0.717, 1.165) is 37.2 Å². The number of nitrogens with two attached hydrogens (primary N) is 1. The van der Waals surface area contributed by atoms with Crippen LogP contribution in [-0.4, -0.2) is 36.3 Å². The van der Waals surface area contributed by atoms with E-state index < -0.39 is 12.0 Å². The Morgan fingerprint density at radius 1 is 1.35 bits per heavy atom. The number of hydrogen-bond acceptors (Lipinski definition) is 4. The van der Waals surface area contributed by atoms with E-state index in [1.807, 2.05) is 24.3 Å². The fraction of sp³-hybridized carbons (Fsp3) is 0.500. The molecule has 1 atom stereocenters. The van der Waals surface area contributed by atoms with E-state index in [4.69, 9.17) is 15.6 Å². The van der Waals surface area contributed by atoms with Crippen molar-refractivity contribution in [2.45, 2.75) is 31.4 Å². The number of halogens is 1. The molecule has 0 amide bonds. The fourth-order valence-corrected chi connectivity index (χ4v) is 2.15. The average Bonchev–Trinajstić information content (AvgIpc) is 2.42. The Kier molecular flexibility index (Phi) is 6.78. The quantitative estimate of drug-likeness (QED) is 0.761. The molecule has 112 valence electrons. The molecule has 1 aromatic rings. The highest BCUT2D eigenvalue weighted by molar-refractivity contribution is 5.85. The molecule has 1 heterocycles. The Bertz CT molecular complexity index is 419. The van der Waals surface area contributed by atoms with Crippen LogP contribution < -0.4 is 15.8 Å². The van der Waals surface area contributed by atoms with Crippen LogP contribution in [0.25, 0.3) is 0 Å². The first-order valence-corrected chi connectivity index (χ1v) is 6.60. The molecule has 1 aromatic carbocycles. The van der Waals surface area contributed by atoms with Crippen LogP contribution in [0.4, 0.5) is 0 Å². The van der Waals surface area contributed by atoms with Crippen LogP contribution in [0.5, 0.6) is 5.75 Å². The van der Waals surface area contributed by atoms with Crippen LogP contribution in [0.3, 0.4) is 0 Å². The minimum absolute atomic E-state index is 0. The third kappa shape index (κ3) is 5.00. The van der Waals surface area contributed by atoms with Gasteiger partial charge in [0.15, 0.2) is 0 Å². The predicted molar refractivity (Wildman–Crippen MR) is 79.5 cm³/mol. The molecule has 1 saturated heterocycles. The van der Waals surface area contributed by atoms with Gasteiger partial charge in [-0.2, -0.15) is 0 Å². The highest BCUT2D eigenvalue weighted by Crippen LogP contribution is 2.18. The number of aliphatic carboxylic acids is 1. The lowest BCUT2D eigenvalue weighted by atomic mass is 10.1. The molecule has 6 heteroatoms. The standard InChI is InChI=1S/C14H20N2O3.ClH/c15-13(14(17)18)9-10-1-3-11(4-2-10)19-12-5-7-16-8-6-12;/h1-4,12-13,16H,5-9,15H2,(H,17,18);1H/t13-;/m0./s1. The van der Waals surface area contributed by atoms with Gasteiger partial charge in [0, 0.05) is 0 Å². The molecule has 20 heavy (non-hydrogen) atoms. The number of carboxylic acids is 1. The molecular formula is C14H21ClN2O3. The number of ether oxygens (including phenoxy) is 1. The van der Waals surface area contributed by atoms with Crippen LogP contribution in [0, 0.1) is 0 Å². The molecule has 0 aliphatic carbocycles. The second-order valence-corrected chi connectivity index (χ2v) is 4.86. The number of carbonyl (C=O) groups is 1. The Hall–Kier alpha value is -1.30. The highest BCUT2D eigenvalue weighted by atomic mass is 35.5. The predicted octanol–water partition coefficient (Wildman–Crippen LogP) is 1.19. The third-order valence-corrected chi connectivity index (χ3v) is 3.29. The van der Waals surface area contributed by atoms with Crippen molar-refractivity contribution in [2.24, 2.45) is 5.73 Å². The van der Waals surface area contributed by atoms with Crippen LogP contribution >= 0.6 is 12.4 Å². The molecule has 0 spiro atoms. The highest BCUT2D eigenvalue weighted by Gasteiger charge is 2.15. The van der Waals surface area contributed by atoms with Crippen molar-refractivity contribution in [2.75, 3.05) is 13.1 Å². The van der Waals surface area contributed by atoms with Gasteiger partial charge in [-0.3, -0.25) is 4.79 Å². The average molecular weight is 301 g/mol. The summed E-state index contributed by atoms with van der Waals surface area (Å²) in [4.78, 5) is 10.7. The van der Waals surface area contributed by atoms with E-state index in [1.54, 1.807) is 0 Å². The maximum Gasteiger partial charge on any atom is 0.320 e. The lowest BCUT2D eigenvalue weighted by Crippen LogP contribution is -2.34. The molecular weight excluding hydrogens is 280 g/mol. The summed E-state index contributed by atoms with van der Waals surface area (Å²) in [5, 5.41) is 12.1. The van der Waals surface area contributed by atoms with Gasteiger partial charge in [0.05, 0.1) is 0 Å². The molecule has 1 fully saturated rings. The molecule has 5 nitrogen and oxygen atoms in total. The number of hydrogen-bond donors (Lipinski definition) is 3. The number of carboxylic acid groups (broad SMARTS) is 1. The number of rotatable bonds is 5. The molecule has 1 aliphatic heterocycles. The van der Waals surface area contributed by atoms with E-state index >= 15 is 0 Å².